The first kappa shape index (κ1) is 18.8. The highest BCUT2D eigenvalue weighted by molar-refractivity contribution is 5.51. The average molecular weight is 377 g/mol. The number of rotatable bonds is 3. The fraction of sp³-hybridized carbons (Fsp3) is 0.714. The zero-order valence-corrected chi connectivity index (χ0v) is 16.5. The third-order valence-electron chi connectivity index (χ3n) is 6.06. The average Bonchev–Trinajstić information content (AvgIpc) is 2.87. The van der Waals surface area contributed by atoms with Crippen molar-refractivity contribution >= 4 is 0 Å². The molecule has 6 nitrogen and oxygen atoms in total. The van der Waals surface area contributed by atoms with Crippen LogP contribution in [0.5, 0.6) is 17.2 Å². The lowest BCUT2D eigenvalue weighted by molar-refractivity contribution is -0.173. The minimum atomic E-state index is -0.599. The monoisotopic (exact) mass is 377 g/mol. The van der Waals surface area contributed by atoms with E-state index in [9.17, 15) is 5.11 Å². The van der Waals surface area contributed by atoms with E-state index in [0.717, 1.165) is 74.6 Å². The molecule has 0 amide bonds. The van der Waals surface area contributed by atoms with Gasteiger partial charge in [0.15, 0.2) is 11.5 Å². The van der Waals surface area contributed by atoms with E-state index >= 15 is 0 Å². The van der Waals surface area contributed by atoms with Crippen LogP contribution in [-0.2, 0) is 11.3 Å². The Labute approximate surface area is 161 Å². The summed E-state index contributed by atoms with van der Waals surface area (Å²) in [4.78, 5) is 2.43. The first-order chi connectivity index (χ1) is 13.0. The van der Waals surface area contributed by atoms with Crippen molar-refractivity contribution in [2.45, 2.75) is 56.8 Å². The Morgan fingerprint density at radius 1 is 1.07 bits per heavy atom. The quantitative estimate of drug-likeness (QED) is 0.874. The Morgan fingerprint density at radius 3 is 2.44 bits per heavy atom. The highest BCUT2D eigenvalue weighted by atomic mass is 16.5. The number of nitrogens with zero attached hydrogens (tertiary/aromatic N) is 1. The molecule has 3 aliphatic rings. The summed E-state index contributed by atoms with van der Waals surface area (Å²) in [5.74, 6) is 2.42. The molecule has 1 spiro atoms. The van der Waals surface area contributed by atoms with Gasteiger partial charge in [0.25, 0.3) is 0 Å². The van der Waals surface area contributed by atoms with Crippen molar-refractivity contribution in [2.24, 2.45) is 0 Å². The van der Waals surface area contributed by atoms with Crippen LogP contribution < -0.4 is 14.2 Å². The molecule has 0 aliphatic carbocycles. The van der Waals surface area contributed by atoms with Gasteiger partial charge >= 0.3 is 0 Å². The molecule has 1 aromatic rings. The molecule has 3 aliphatic heterocycles. The first-order valence-electron chi connectivity index (χ1n) is 10.0. The molecule has 4 rings (SSSR count). The molecule has 1 N–H and O–H groups in total. The predicted octanol–water partition coefficient (Wildman–Crippen LogP) is 2.75. The fourth-order valence-electron chi connectivity index (χ4n) is 4.55. The normalized spacial score (nSPS) is 28.0. The summed E-state index contributed by atoms with van der Waals surface area (Å²) in [6.07, 6.45) is 4.27. The van der Waals surface area contributed by atoms with E-state index in [1.54, 1.807) is 7.11 Å². The Kier molecular flexibility index (Phi) is 5.23. The standard InChI is InChI=1S/C21H31NO5/c1-20(23)6-11-27-21(15-20)4-7-22(8-5-21)14-16-12-18-19(13-17(16)24-2)26-10-3-9-25-18/h12-13,23H,3-11,14-15H2,1-2H3. The van der Waals surface area contributed by atoms with Crippen LogP contribution >= 0.6 is 0 Å². The van der Waals surface area contributed by atoms with Gasteiger partial charge in [-0.1, -0.05) is 0 Å². The van der Waals surface area contributed by atoms with Crippen LogP contribution in [0.2, 0.25) is 0 Å². The highest BCUT2D eigenvalue weighted by Crippen LogP contribution is 2.41. The Bertz CT molecular complexity index is 667. The lowest BCUT2D eigenvalue weighted by Crippen LogP contribution is -2.53. The van der Waals surface area contributed by atoms with E-state index in [1.807, 2.05) is 13.0 Å². The van der Waals surface area contributed by atoms with Crippen LogP contribution in [-0.4, -0.2) is 61.2 Å². The third-order valence-corrected chi connectivity index (χ3v) is 6.06. The number of aliphatic hydroxyl groups is 1. The minimum Gasteiger partial charge on any atom is -0.496 e. The van der Waals surface area contributed by atoms with Crippen LogP contribution in [0.1, 0.15) is 44.6 Å². The van der Waals surface area contributed by atoms with Crippen molar-refractivity contribution in [3.63, 3.8) is 0 Å². The third kappa shape index (κ3) is 4.18. The fourth-order valence-corrected chi connectivity index (χ4v) is 4.55. The number of hydrogen-bond donors (Lipinski definition) is 1. The maximum atomic E-state index is 10.5. The van der Waals surface area contributed by atoms with Crippen molar-refractivity contribution < 1.29 is 24.1 Å². The van der Waals surface area contributed by atoms with E-state index in [2.05, 4.69) is 11.0 Å². The largest absolute Gasteiger partial charge is 0.496 e. The molecule has 6 heteroatoms. The predicted molar refractivity (Wildman–Crippen MR) is 102 cm³/mol. The van der Waals surface area contributed by atoms with Gasteiger partial charge in [-0.05, 0) is 32.3 Å². The van der Waals surface area contributed by atoms with Crippen LogP contribution in [0.15, 0.2) is 12.1 Å². The molecule has 27 heavy (non-hydrogen) atoms. The first-order valence-corrected chi connectivity index (χ1v) is 10.0. The zero-order valence-electron chi connectivity index (χ0n) is 16.5. The van der Waals surface area contributed by atoms with Gasteiger partial charge in [-0.25, -0.2) is 0 Å². The van der Waals surface area contributed by atoms with Crippen LogP contribution in [0, 0.1) is 0 Å². The van der Waals surface area contributed by atoms with Gasteiger partial charge in [0.05, 0.1) is 38.1 Å². The molecule has 0 saturated carbocycles. The van der Waals surface area contributed by atoms with Crippen molar-refractivity contribution in [3.05, 3.63) is 17.7 Å². The lowest BCUT2D eigenvalue weighted by atomic mass is 9.78. The van der Waals surface area contributed by atoms with E-state index in [1.165, 1.54) is 0 Å². The number of hydrogen-bond acceptors (Lipinski definition) is 6. The summed E-state index contributed by atoms with van der Waals surface area (Å²) in [6, 6.07) is 4.01. The molecule has 0 aromatic heterocycles. The summed E-state index contributed by atoms with van der Waals surface area (Å²) in [6.45, 7) is 6.67. The Balaban J connectivity index is 1.44. The van der Waals surface area contributed by atoms with Crippen molar-refractivity contribution in [2.75, 3.05) is 40.0 Å². The van der Waals surface area contributed by atoms with Crippen LogP contribution in [0.3, 0.4) is 0 Å². The summed E-state index contributed by atoms with van der Waals surface area (Å²) in [7, 11) is 1.70. The summed E-state index contributed by atoms with van der Waals surface area (Å²) < 4.78 is 23.4. The lowest BCUT2D eigenvalue weighted by Gasteiger charge is -2.48. The van der Waals surface area contributed by atoms with Crippen LogP contribution in [0.4, 0.5) is 0 Å². The number of benzene rings is 1. The molecule has 1 unspecified atom stereocenters. The second-order valence-electron chi connectivity index (χ2n) is 8.39. The molecule has 0 radical (unpaired) electrons. The van der Waals surface area contributed by atoms with Crippen molar-refractivity contribution in [1.29, 1.82) is 0 Å². The highest BCUT2D eigenvalue weighted by Gasteiger charge is 2.44. The van der Waals surface area contributed by atoms with E-state index in [0.29, 0.717) is 19.8 Å². The second kappa shape index (κ2) is 7.49. The Morgan fingerprint density at radius 2 is 1.78 bits per heavy atom. The molecule has 0 bridgehead atoms. The van der Waals surface area contributed by atoms with E-state index in [-0.39, 0.29) is 5.60 Å². The maximum Gasteiger partial charge on any atom is 0.164 e. The SMILES string of the molecule is COc1cc2c(cc1CN1CCC3(CC1)CC(C)(O)CCO3)OCCCO2. The number of piperidine rings is 1. The molecule has 2 fully saturated rings. The van der Waals surface area contributed by atoms with Gasteiger partial charge in [0.2, 0.25) is 0 Å². The molecule has 1 atom stereocenters. The molecule has 2 saturated heterocycles. The summed E-state index contributed by atoms with van der Waals surface area (Å²) >= 11 is 0. The maximum absolute atomic E-state index is 10.5. The molecular formula is C21H31NO5. The molecular weight excluding hydrogens is 346 g/mol. The summed E-state index contributed by atoms with van der Waals surface area (Å²) in [5, 5.41) is 10.5. The van der Waals surface area contributed by atoms with Gasteiger partial charge in [0, 0.05) is 44.1 Å². The zero-order chi connectivity index (χ0) is 18.9. The van der Waals surface area contributed by atoms with Gasteiger partial charge in [-0.2, -0.15) is 0 Å². The van der Waals surface area contributed by atoms with Crippen molar-refractivity contribution in [3.8, 4) is 17.2 Å². The smallest absolute Gasteiger partial charge is 0.164 e. The topological polar surface area (TPSA) is 60.4 Å². The van der Waals surface area contributed by atoms with Gasteiger partial charge in [-0.15, -0.1) is 0 Å². The van der Waals surface area contributed by atoms with E-state index in [4.69, 9.17) is 18.9 Å². The number of methoxy groups -OCH3 is 1. The summed E-state index contributed by atoms with van der Waals surface area (Å²) in [5.41, 5.74) is 0.361. The number of ether oxygens (including phenoxy) is 4. The molecule has 3 heterocycles. The Hall–Kier alpha value is -1.50. The van der Waals surface area contributed by atoms with Crippen LogP contribution in [0.25, 0.3) is 0 Å². The van der Waals surface area contributed by atoms with Crippen molar-refractivity contribution in [1.82, 2.24) is 4.90 Å². The van der Waals surface area contributed by atoms with Gasteiger partial charge in [0.1, 0.15) is 5.75 Å². The van der Waals surface area contributed by atoms with Gasteiger partial charge in [-0.3, -0.25) is 4.90 Å². The number of fused-ring (bicyclic) bond motifs is 1. The van der Waals surface area contributed by atoms with E-state index < -0.39 is 5.60 Å². The number of likely N-dealkylation sites (tertiary alicyclic amines) is 1. The molecule has 150 valence electrons. The van der Waals surface area contributed by atoms with Gasteiger partial charge < -0.3 is 24.1 Å². The molecule has 1 aromatic carbocycles. The minimum absolute atomic E-state index is 0.160. The second-order valence-corrected chi connectivity index (χ2v) is 8.39.